The molecule has 104 valence electrons. The molecule has 0 saturated carbocycles. The van der Waals surface area contributed by atoms with E-state index < -0.39 is 0 Å². The average molecular weight is 273 g/mol. The quantitative estimate of drug-likeness (QED) is 0.407. The Kier molecular flexibility index (Phi) is 7.15. The van der Waals surface area contributed by atoms with Gasteiger partial charge < -0.3 is 10.5 Å². The Morgan fingerprint density at radius 3 is 2.28 bits per heavy atom. The summed E-state index contributed by atoms with van der Waals surface area (Å²) in [6.07, 6.45) is 1.98. The van der Waals surface area contributed by atoms with Crippen LogP contribution in [0.3, 0.4) is 0 Å². The van der Waals surface area contributed by atoms with Crippen molar-refractivity contribution in [1.82, 2.24) is 9.80 Å². The molecule has 0 aromatic rings. The van der Waals surface area contributed by atoms with Gasteiger partial charge in [0.05, 0.1) is 18.1 Å². The summed E-state index contributed by atoms with van der Waals surface area (Å²) in [5, 5.41) is 0. The lowest BCUT2D eigenvalue weighted by atomic mass is 10.3. The van der Waals surface area contributed by atoms with Crippen LogP contribution in [0.5, 0.6) is 0 Å². The standard InChI is InChI=1S/C12H23N3O2S/c1-2-3-8-17-12(16)10-15-6-4-14(5-7-15)9-11(13)18/h2-10H2,1H3,(H2,13,18). The Morgan fingerprint density at radius 1 is 1.22 bits per heavy atom. The molecule has 1 rings (SSSR count). The Hall–Kier alpha value is -0.720. The van der Waals surface area contributed by atoms with E-state index in [9.17, 15) is 4.79 Å². The molecule has 6 heteroatoms. The molecular weight excluding hydrogens is 250 g/mol. The maximum atomic E-state index is 11.5. The zero-order valence-corrected chi connectivity index (χ0v) is 11.9. The molecule has 5 nitrogen and oxygen atoms in total. The van der Waals surface area contributed by atoms with Gasteiger partial charge in [-0.15, -0.1) is 0 Å². The summed E-state index contributed by atoms with van der Waals surface area (Å²) in [4.78, 5) is 16.4. The molecule has 0 unspecified atom stereocenters. The minimum atomic E-state index is -0.119. The van der Waals surface area contributed by atoms with Crippen LogP contribution in [0.1, 0.15) is 19.8 Å². The van der Waals surface area contributed by atoms with E-state index in [0.29, 0.717) is 24.7 Å². The molecule has 0 radical (unpaired) electrons. The van der Waals surface area contributed by atoms with E-state index in [2.05, 4.69) is 16.7 Å². The van der Waals surface area contributed by atoms with Crippen LogP contribution in [0, 0.1) is 0 Å². The van der Waals surface area contributed by atoms with Crippen LogP contribution in [0.2, 0.25) is 0 Å². The number of thiocarbonyl (C=S) groups is 1. The third-order valence-electron chi connectivity index (χ3n) is 2.96. The van der Waals surface area contributed by atoms with Crippen molar-refractivity contribution in [2.45, 2.75) is 19.8 Å². The van der Waals surface area contributed by atoms with Gasteiger partial charge in [0.1, 0.15) is 0 Å². The van der Waals surface area contributed by atoms with Crippen molar-refractivity contribution in [2.24, 2.45) is 5.73 Å². The van der Waals surface area contributed by atoms with E-state index >= 15 is 0 Å². The molecule has 0 aliphatic carbocycles. The summed E-state index contributed by atoms with van der Waals surface area (Å²) in [7, 11) is 0. The van der Waals surface area contributed by atoms with Gasteiger partial charge in [0.15, 0.2) is 0 Å². The topological polar surface area (TPSA) is 58.8 Å². The number of ether oxygens (including phenoxy) is 1. The van der Waals surface area contributed by atoms with Crippen molar-refractivity contribution in [3.63, 3.8) is 0 Å². The van der Waals surface area contributed by atoms with Gasteiger partial charge in [-0.2, -0.15) is 0 Å². The smallest absolute Gasteiger partial charge is 0.320 e. The van der Waals surface area contributed by atoms with E-state index in [4.69, 9.17) is 22.7 Å². The third kappa shape index (κ3) is 6.28. The summed E-state index contributed by atoms with van der Waals surface area (Å²) in [6, 6.07) is 0. The van der Waals surface area contributed by atoms with Crippen LogP contribution in [0.15, 0.2) is 0 Å². The monoisotopic (exact) mass is 273 g/mol. The molecule has 1 fully saturated rings. The fourth-order valence-electron chi connectivity index (χ4n) is 1.88. The first kappa shape index (κ1) is 15.3. The maximum Gasteiger partial charge on any atom is 0.320 e. The highest BCUT2D eigenvalue weighted by Crippen LogP contribution is 2.02. The lowest BCUT2D eigenvalue weighted by Crippen LogP contribution is -2.49. The van der Waals surface area contributed by atoms with Crippen LogP contribution < -0.4 is 5.73 Å². The second-order valence-electron chi connectivity index (χ2n) is 4.59. The Balaban J connectivity index is 2.14. The normalized spacial score (nSPS) is 17.6. The van der Waals surface area contributed by atoms with Gasteiger partial charge >= 0.3 is 5.97 Å². The van der Waals surface area contributed by atoms with Crippen LogP contribution in [0.25, 0.3) is 0 Å². The summed E-state index contributed by atoms with van der Waals surface area (Å²) in [5.41, 5.74) is 5.51. The average Bonchev–Trinajstić information content (AvgIpc) is 2.31. The predicted molar refractivity (Wildman–Crippen MR) is 75.5 cm³/mol. The van der Waals surface area contributed by atoms with Crippen molar-refractivity contribution >= 4 is 23.2 Å². The molecule has 0 aromatic heterocycles. The lowest BCUT2D eigenvalue weighted by molar-refractivity contribution is -0.145. The molecule has 1 aliphatic rings. The van der Waals surface area contributed by atoms with Gasteiger partial charge in [0.25, 0.3) is 0 Å². The largest absolute Gasteiger partial charge is 0.465 e. The highest BCUT2D eigenvalue weighted by atomic mass is 32.1. The number of piperazine rings is 1. The summed E-state index contributed by atoms with van der Waals surface area (Å²) in [5.74, 6) is -0.119. The van der Waals surface area contributed by atoms with Crippen molar-refractivity contribution in [2.75, 3.05) is 45.9 Å². The van der Waals surface area contributed by atoms with E-state index in [-0.39, 0.29) is 5.97 Å². The fourth-order valence-corrected chi connectivity index (χ4v) is 2.07. The number of nitrogens with zero attached hydrogens (tertiary/aromatic N) is 2. The molecule has 2 N–H and O–H groups in total. The number of unbranched alkanes of at least 4 members (excludes halogenated alkanes) is 1. The molecule has 0 bridgehead atoms. The number of hydrogen-bond acceptors (Lipinski definition) is 5. The molecule has 0 aromatic carbocycles. The van der Waals surface area contributed by atoms with E-state index in [1.807, 2.05) is 0 Å². The third-order valence-corrected chi connectivity index (χ3v) is 3.09. The summed E-state index contributed by atoms with van der Waals surface area (Å²) < 4.78 is 5.14. The van der Waals surface area contributed by atoms with E-state index in [0.717, 1.165) is 39.0 Å². The zero-order valence-electron chi connectivity index (χ0n) is 11.1. The van der Waals surface area contributed by atoms with Crippen LogP contribution >= 0.6 is 12.2 Å². The number of carbonyl (C=O) groups excluding carboxylic acids is 1. The van der Waals surface area contributed by atoms with Gasteiger partial charge in [-0.25, -0.2) is 0 Å². The van der Waals surface area contributed by atoms with E-state index in [1.54, 1.807) is 0 Å². The van der Waals surface area contributed by atoms with Crippen LogP contribution in [-0.4, -0.2) is 66.6 Å². The molecule has 0 amide bonds. The first-order chi connectivity index (χ1) is 8.61. The molecular formula is C12H23N3O2S. The summed E-state index contributed by atoms with van der Waals surface area (Å²) in [6.45, 7) is 7.22. The minimum absolute atomic E-state index is 0.119. The van der Waals surface area contributed by atoms with Crippen molar-refractivity contribution in [1.29, 1.82) is 0 Å². The van der Waals surface area contributed by atoms with Crippen molar-refractivity contribution < 1.29 is 9.53 Å². The number of rotatable bonds is 7. The molecule has 0 spiro atoms. The first-order valence-corrected chi connectivity index (χ1v) is 6.91. The number of carbonyl (C=O) groups is 1. The summed E-state index contributed by atoms with van der Waals surface area (Å²) >= 11 is 4.88. The minimum Gasteiger partial charge on any atom is -0.465 e. The number of hydrogen-bond donors (Lipinski definition) is 1. The van der Waals surface area contributed by atoms with Gasteiger partial charge in [0, 0.05) is 32.7 Å². The van der Waals surface area contributed by atoms with Crippen molar-refractivity contribution in [3.8, 4) is 0 Å². The van der Waals surface area contributed by atoms with E-state index in [1.165, 1.54) is 0 Å². The SMILES string of the molecule is CCCCOC(=O)CN1CCN(CC(N)=S)CC1. The number of nitrogens with two attached hydrogens (primary N) is 1. The van der Waals surface area contributed by atoms with Gasteiger partial charge in [-0.1, -0.05) is 25.6 Å². The lowest BCUT2D eigenvalue weighted by Gasteiger charge is -2.33. The van der Waals surface area contributed by atoms with Gasteiger partial charge in [-0.3, -0.25) is 14.6 Å². The zero-order chi connectivity index (χ0) is 13.4. The first-order valence-electron chi connectivity index (χ1n) is 6.50. The maximum absolute atomic E-state index is 11.5. The Bertz CT molecular complexity index is 278. The second-order valence-corrected chi connectivity index (χ2v) is 5.12. The molecule has 1 aliphatic heterocycles. The molecule has 1 saturated heterocycles. The fraction of sp³-hybridized carbons (Fsp3) is 0.833. The number of esters is 1. The molecule has 18 heavy (non-hydrogen) atoms. The highest BCUT2D eigenvalue weighted by molar-refractivity contribution is 7.80. The molecule has 0 atom stereocenters. The van der Waals surface area contributed by atoms with Crippen molar-refractivity contribution in [3.05, 3.63) is 0 Å². The predicted octanol–water partition coefficient (Wildman–Crippen LogP) is 0.233. The van der Waals surface area contributed by atoms with Crippen LogP contribution in [-0.2, 0) is 9.53 Å². The second kappa shape index (κ2) is 8.39. The van der Waals surface area contributed by atoms with Gasteiger partial charge in [-0.05, 0) is 6.42 Å². The van der Waals surface area contributed by atoms with Crippen LogP contribution in [0.4, 0.5) is 0 Å². The molecule has 1 heterocycles. The van der Waals surface area contributed by atoms with Gasteiger partial charge in [0.2, 0.25) is 0 Å². The Labute approximate surface area is 114 Å². The Morgan fingerprint density at radius 2 is 1.78 bits per heavy atom. The highest BCUT2D eigenvalue weighted by Gasteiger charge is 2.19.